The molecule has 2 heterocycles. The predicted molar refractivity (Wildman–Crippen MR) is 91.6 cm³/mol. The zero-order valence-corrected chi connectivity index (χ0v) is 14.4. The van der Waals surface area contributed by atoms with Crippen LogP contribution in [0.4, 0.5) is 4.79 Å². The highest BCUT2D eigenvalue weighted by Gasteiger charge is 2.35. The van der Waals surface area contributed by atoms with Gasteiger partial charge in [0.25, 0.3) is 5.56 Å². The number of pyridine rings is 1. The summed E-state index contributed by atoms with van der Waals surface area (Å²) in [4.78, 5) is 26.0. The van der Waals surface area contributed by atoms with E-state index in [1.165, 1.54) is 0 Å². The van der Waals surface area contributed by atoms with Gasteiger partial charge in [-0.3, -0.25) is 4.79 Å². The van der Waals surface area contributed by atoms with E-state index >= 15 is 0 Å². The van der Waals surface area contributed by atoms with Gasteiger partial charge in [0.15, 0.2) is 0 Å². The van der Waals surface area contributed by atoms with Gasteiger partial charge in [-0.25, -0.2) is 4.79 Å². The third-order valence-corrected chi connectivity index (χ3v) is 4.02. The number of carbonyl (C=O) groups excluding carboxylic acids is 1. The molecule has 3 rings (SSSR count). The molecule has 0 radical (unpaired) electrons. The molecule has 0 atom stereocenters. The van der Waals surface area contributed by atoms with Crippen LogP contribution in [0.25, 0.3) is 10.9 Å². The first-order valence-corrected chi connectivity index (χ1v) is 7.96. The van der Waals surface area contributed by atoms with E-state index in [-0.39, 0.29) is 17.7 Å². The summed E-state index contributed by atoms with van der Waals surface area (Å²) in [5.41, 5.74) is 0.214. The summed E-state index contributed by atoms with van der Waals surface area (Å²) >= 11 is 0. The zero-order chi connectivity index (χ0) is 17.5. The van der Waals surface area contributed by atoms with E-state index in [1.807, 2.05) is 39.0 Å². The molecule has 128 valence electrons. The monoisotopic (exact) mass is 330 g/mol. The van der Waals surface area contributed by atoms with Crippen molar-refractivity contribution in [2.75, 3.05) is 20.2 Å². The van der Waals surface area contributed by atoms with Gasteiger partial charge >= 0.3 is 6.09 Å². The summed E-state index contributed by atoms with van der Waals surface area (Å²) in [7, 11) is 1.60. The number of hydrogen-bond acceptors (Lipinski definition) is 4. The summed E-state index contributed by atoms with van der Waals surface area (Å²) in [5, 5.41) is 0.964. The van der Waals surface area contributed by atoms with Crippen molar-refractivity contribution in [3.8, 4) is 5.75 Å². The van der Waals surface area contributed by atoms with Gasteiger partial charge in [-0.2, -0.15) is 0 Å². The van der Waals surface area contributed by atoms with Crippen molar-refractivity contribution in [2.45, 2.75) is 32.4 Å². The van der Waals surface area contributed by atoms with E-state index in [0.717, 1.165) is 10.9 Å². The Morgan fingerprint density at radius 2 is 1.83 bits per heavy atom. The van der Waals surface area contributed by atoms with Gasteiger partial charge in [0, 0.05) is 25.2 Å². The first kappa shape index (κ1) is 16.4. The highest BCUT2D eigenvalue weighted by Crippen LogP contribution is 2.27. The number of likely N-dealkylation sites (tertiary alicyclic amines) is 1. The Morgan fingerprint density at radius 3 is 2.46 bits per heavy atom. The molecule has 0 spiro atoms. The lowest BCUT2D eigenvalue weighted by molar-refractivity contribution is 0.00118. The van der Waals surface area contributed by atoms with Crippen LogP contribution in [0.2, 0.25) is 0 Å². The molecule has 1 aromatic carbocycles. The average Bonchev–Trinajstić information content (AvgIpc) is 2.45. The number of rotatable bonds is 2. The highest BCUT2D eigenvalue weighted by atomic mass is 16.6. The van der Waals surface area contributed by atoms with Crippen molar-refractivity contribution >= 4 is 17.0 Å². The number of ether oxygens (including phenoxy) is 2. The molecule has 6 nitrogen and oxygen atoms in total. The van der Waals surface area contributed by atoms with Crippen molar-refractivity contribution in [3.05, 3.63) is 40.7 Å². The molecular weight excluding hydrogens is 308 g/mol. The minimum absolute atomic E-state index is 0.0548. The second-order valence-corrected chi connectivity index (χ2v) is 7.01. The van der Waals surface area contributed by atoms with Crippen molar-refractivity contribution in [2.24, 2.45) is 0 Å². The van der Waals surface area contributed by atoms with Crippen molar-refractivity contribution < 1.29 is 14.3 Å². The van der Waals surface area contributed by atoms with Gasteiger partial charge in [0.05, 0.1) is 18.7 Å². The fraction of sp³-hybridized carbons (Fsp3) is 0.444. The normalized spacial score (nSPS) is 15.2. The molecule has 0 bridgehead atoms. The molecule has 2 aromatic rings. The van der Waals surface area contributed by atoms with E-state index in [9.17, 15) is 9.59 Å². The maximum atomic E-state index is 12.4. The summed E-state index contributed by atoms with van der Waals surface area (Å²) < 4.78 is 12.4. The molecule has 0 aliphatic carbocycles. The largest absolute Gasteiger partial charge is 0.497 e. The lowest BCUT2D eigenvalue weighted by Crippen LogP contribution is -2.54. The molecule has 1 aliphatic rings. The van der Waals surface area contributed by atoms with Crippen LogP contribution in [0.5, 0.6) is 5.75 Å². The van der Waals surface area contributed by atoms with Crippen molar-refractivity contribution in [1.82, 2.24) is 9.47 Å². The van der Waals surface area contributed by atoms with Crippen LogP contribution in [0.3, 0.4) is 0 Å². The van der Waals surface area contributed by atoms with Crippen molar-refractivity contribution in [1.29, 1.82) is 0 Å². The topological polar surface area (TPSA) is 60.8 Å². The third-order valence-electron chi connectivity index (χ3n) is 4.02. The van der Waals surface area contributed by atoms with Crippen LogP contribution in [-0.4, -0.2) is 41.4 Å². The predicted octanol–water partition coefficient (Wildman–Crippen LogP) is 2.80. The fourth-order valence-corrected chi connectivity index (χ4v) is 2.83. The summed E-state index contributed by atoms with van der Waals surface area (Å²) in [6.45, 7) is 6.44. The van der Waals surface area contributed by atoms with Crippen LogP contribution in [0.1, 0.15) is 26.8 Å². The molecule has 1 saturated heterocycles. The van der Waals surface area contributed by atoms with Gasteiger partial charge in [-0.05, 0) is 44.4 Å². The van der Waals surface area contributed by atoms with Crippen LogP contribution in [-0.2, 0) is 4.74 Å². The van der Waals surface area contributed by atoms with Gasteiger partial charge in [-0.15, -0.1) is 0 Å². The fourth-order valence-electron chi connectivity index (χ4n) is 2.83. The van der Waals surface area contributed by atoms with E-state index in [1.54, 1.807) is 28.7 Å². The number of methoxy groups -OCH3 is 1. The summed E-state index contributed by atoms with van der Waals surface area (Å²) in [5.74, 6) is 0.699. The third kappa shape index (κ3) is 3.09. The molecule has 1 aromatic heterocycles. The number of carbonyl (C=O) groups is 1. The van der Waals surface area contributed by atoms with Gasteiger partial charge in [-0.1, -0.05) is 0 Å². The van der Waals surface area contributed by atoms with Gasteiger partial charge < -0.3 is 18.9 Å². The number of benzene rings is 1. The van der Waals surface area contributed by atoms with Gasteiger partial charge in [0.1, 0.15) is 11.4 Å². The second kappa shape index (κ2) is 5.85. The molecular formula is C18H22N2O4. The summed E-state index contributed by atoms with van der Waals surface area (Å²) in [6.07, 6.45) is -0.343. The number of hydrogen-bond donors (Lipinski definition) is 0. The first-order valence-electron chi connectivity index (χ1n) is 7.96. The average molecular weight is 330 g/mol. The van der Waals surface area contributed by atoms with E-state index in [2.05, 4.69) is 0 Å². The standard InChI is InChI=1S/C18H22N2O4/c1-18(2,3)24-17(22)19-10-13(11-19)20-15-9-14(23-4)7-5-12(15)6-8-16(20)21/h5-9,13H,10-11H2,1-4H3. The SMILES string of the molecule is COc1ccc2ccc(=O)n(C3CN(C(=O)OC(C)(C)C)C3)c2c1. The Kier molecular flexibility index (Phi) is 3.99. The minimum Gasteiger partial charge on any atom is -0.497 e. The Hall–Kier alpha value is -2.50. The lowest BCUT2D eigenvalue weighted by Gasteiger charge is -2.40. The molecule has 1 fully saturated rings. The van der Waals surface area contributed by atoms with Crippen LogP contribution >= 0.6 is 0 Å². The van der Waals surface area contributed by atoms with Crippen LogP contribution < -0.4 is 10.3 Å². The van der Waals surface area contributed by atoms with Crippen molar-refractivity contribution in [3.63, 3.8) is 0 Å². The molecule has 0 saturated carbocycles. The highest BCUT2D eigenvalue weighted by molar-refractivity contribution is 5.81. The maximum absolute atomic E-state index is 12.4. The van der Waals surface area contributed by atoms with Gasteiger partial charge in [0.2, 0.25) is 0 Å². The lowest BCUT2D eigenvalue weighted by atomic mass is 10.1. The molecule has 1 aliphatic heterocycles. The molecule has 0 N–H and O–H groups in total. The smallest absolute Gasteiger partial charge is 0.410 e. The maximum Gasteiger partial charge on any atom is 0.410 e. The van der Waals surface area contributed by atoms with E-state index < -0.39 is 5.60 Å². The van der Waals surface area contributed by atoms with Crippen LogP contribution in [0, 0.1) is 0 Å². The number of nitrogens with zero attached hydrogens (tertiary/aromatic N) is 2. The van der Waals surface area contributed by atoms with E-state index in [0.29, 0.717) is 18.8 Å². The number of amides is 1. The first-order chi connectivity index (χ1) is 11.3. The van der Waals surface area contributed by atoms with E-state index in [4.69, 9.17) is 9.47 Å². The van der Waals surface area contributed by atoms with Crippen LogP contribution in [0.15, 0.2) is 35.1 Å². The number of fused-ring (bicyclic) bond motifs is 1. The molecule has 1 amide bonds. The molecule has 24 heavy (non-hydrogen) atoms. The second-order valence-electron chi connectivity index (χ2n) is 7.01. The Labute approximate surface area is 140 Å². The molecule has 0 unspecified atom stereocenters. The Balaban J connectivity index is 1.85. The Bertz CT molecular complexity index is 829. The minimum atomic E-state index is -0.522. The quantitative estimate of drug-likeness (QED) is 0.849. The Morgan fingerprint density at radius 1 is 1.17 bits per heavy atom. The number of aromatic nitrogens is 1. The molecule has 6 heteroatoms. The summed E-state index contributed by atoms with van der Waals surface area (Å²) in [6, 6.07) is 8.95. The zero-order valence-electron chi connectivity index (χ0n) is 14.4.